The monoisotopic (exact) mass is 479 g/mol. The van der Waals surface area contributed by atoms with Gasteiger partial charge in [-0.1, -0.05) is 29.8 Å². The van der Waals surface area contributed by atoms with E-state index in [0.29, 0.717) is 6.07 Å². The van der Waals surface area contributed by atoms with Crippen LogP contribution in [-0.4, -0.2) is 44.0 Å². The van der Waals surface area contributed by atoms with Gasteiger partial charge in [0.1, 0.15) is 6.04 Å². The lowest BCUT2D eigenvalue weighted by Crippen LogP contribution is -2.50. The number of halogens is 3. The van der Waals surface area contributed by atoms with Gasteiger partial charge in [0, 0.05) is 18.2 Å². The van der Waals surface area contributed by atoms with Crippen molar-refractivity contribution in [3.8, 4) is 0 Å². The number of ether oxygens (including phenoxy) is 1. The molecule has 10 heteroatoms. The third-order valence-electron chi connectivity index (χ3n) is 5.20. The van der Waals surface area contributed by atoms with E-state index in [1.807, 2.05) is 39.0 Å². The van der Waals surface area contributed by atoms with E-state index in [4.69, 9.17) is 4.74 Å². The van der Waals surface area contributed by atoms with Gasteiger partial charge < -0.3 is 20.7 Å². The first-order valence-corrected chi connectivity index (χ1v) is 10.6. The highest BCUT2D eigenvalue weighted by Gasteiger charge is 2.31. The van der Waals surface area contributed by atoms with Crippen molar-refractivity contribution in [1.29, 1.82) is 0 Å². The van der Waals surface area contributed by atoms with Gasteiger partial charge in [0.25, 0.3) is 5.91 Å². The Hall–Kier alpha value is -3.40. The van der Waals surface area contributed by atoms with Crippen LogP contribution < -0.4 is 16.0 Å². The second kappa shape index (κ2) is 11.6. The summed E-state index contributed by atoms with van der Waals surface area (Å²) in [6, 6.07) is 8.71. The molecule has 0 aliphatic heterocycles. The highest BCUT2D eigenvalue weighted by molar-refractivity contribution is 5.97. The molecule has 0 aliphatic carbocycles. The Labute approximate surface area is 196 Å². The number of hydrogen-bond donors (Lipinski definition) is 3. The van der Waals surface area contributed by atoms with Crippen LogP contribution in [-0.2, 0) is 20.5 Å². The summed E-state index contributed by atoms with van der Waals surface area (Å²) in [6.07, 6.45) is -4.59. The highest BCUT2D eigenvalue weighted by Crippen LogP contribution is 2.29. The third-order valence-corrected chi connectivity index (χ3v) is 5.20. The quantitative estimate of drug-likeness (QED) is 0.481. The minimum absolute atomic E-state index is 0.0640. The maximum absolute atomic E-state index is 12.8. The number of hydrogen-bond acceptors (Lipinski definition) is 5. The molecule has 0 saturated carbocycles. The molecule has 7 nitrogen and oxygen atoms in total. The van der Waals surface area contributed by atoms with Crippen molar-refractivity contribution in [2.24, 2.45) is 0 Å². The Morgan fingerprint density at radius 1 is 1.06 bits per heavy atom. The summed E-state index contributed by atoms with van der Waals surface area (Å²) in [5.41, 5.74) is 2.03. The Bertz CT molecular complexity index is 1040. The molecule has 0 spiro atoms. The van der Waals surface area contributed by atoms with Crippen LogP contribution in [0.1, 0.15) is 45.6 Å². The molecule has 2 aromatic carbocycles. The first-order chi connectivity index (χ1) is 15.9. The summed E-state index contributed by atoms with van der Waals surface area (Å²) in [6.45, 7) is 5.42. The fourth-order valence-electron chi connectivity index (χ4n) is 3.40. The van der Waals surface area contributed by atoms with Gasteiger partial charge in [0.15, 0.2) is 0 Å². The van der Waals surface area contributed by atoms with Gasteiger partial charge in [-0.15, -0.1) is 0 Å². The summed E-state index contributed by atoms with van der Waals surface area (Å²) in [4.78, 5) is 36.6. The summed E-state index contributed by atoms with van der Waals surface area (Å²) in [5.74, 6) is -2.23. The molecule has 0 heterocycles. The first kappa shape index (κ1) is 26.8. The first-order valence-electron chi connectivity index (χ1n) is 10.6. The number of carbonyl (C=O) groups excluding carboxylic acids is 3. The van der Waals surface area contributed by atoms with Crippen molar-refractivity contribution < 1.29 is 32.3 Å². The Morgan fingerprint density at radius 3 is 2.38 bits per heavy atom. The molecule has 184 valence electrons. The number of nitrogens with one attached hydrogen (secondary N) is 3. The predicted molar refractivity (Wildman–Crippen MR) is 120 cm³/mol. The van der Waals surface area contributed by atoms with Crippen molar-refractivity contribution >= 4 is 17.8 Å². The molecular formula is C24H28F3N3O4. The van der Waals surface area contributed by atoms with Crippen molar-refractivity contribution in [3.05, 3.63) is 70.3 Å². The topological polar surface area (TPSA) is 96.5 Å². The van der Waals surface area contributed by atoms with Crippen molar-refractivity contribution in [1.82, 2.24) is 16.0 Å². The zero-order valence-corrected chi connectivity index (χ0v) is 19.4. The van der Waals surface area contributed by atoms with Gasteiger partial charge in [0.2, 0.25) is 5.91 Å². The Kier molecular flexibility index (Phi) is 9.19. The van der Waals surface area contributed by atoms with Crippen molar-refractivity contribution in [2.45, 2.75) is 39.0 Å². The number of benzene rings is 2. The predicted octanol–water partition coefficient (Wildman–Crippen LogP) is 3.06. The standard InChI is InChI=1S/C24H28F3N3O4/c1-14-8-9-19(15(2)10-14)16(3)28-12-20(23(33)34-4)30-21(31)13-29-22(32)17-6-5-7-18(11-17)24(25,26)27/h5-11,16,20,28H,12-13H2,1-4H3,(H,29,32)(H,30,31)/t16?,20-/m0/s1. The van der Waals surface area contributed by atoms with Crippen molar-refractivity contribution in [3.63, 3.8) is 0 Å². The second-order valence-corrected chi connectivity index (χ2v) is 7.89. The van der Waals surface area contributed by atoms with Crippen LogP contribution in [0.15, 0.2) is 42.5 Å². The summed E-state index contributed by atoms with van der Waals surface area (Å²) in [7, 11) is 1.18. The SMILES string of the molecule is COC(=O)[C@H](CNC(C)c1ccc(C)cc1C)NC(=O)CNC(=O)c1cccc(C(F)(F)F)c1. The normalized spacial score (nSPS) is 13.0. The average molecular weight is 479 g/mol. The van der Waals surface area contributed by atoms with Crippen LogP contribution in [0.25, 0.3) is 0 Å². The van der Waals surface area contributed by atoms with Crippen LogP contribution in [0.3, 0.4) is 0 Å². The molecule has 2 atom stereocenters. The van der Waals surface area contributed by atoms with Crippen LogP contribution in [0.2, 0.25) is 0 Å². The number of amides is 2. The van der Waals surface area contributed by atoms with Crippen molar-refractivity contribution in [2.75, 3.05) is 20.2 Å². The number of rotatable bonds is 9. The van der Waals surface area contributed by atoms with E-state index in [1.54, 1.807) is 0 Å². The van der Waals surface area contributed by atoms with Gasteiger partial charge in [-0.25, -0.2) is 4.79 Å². The fourth-order valence-corrected chi connectivity index (χ4v) is 3.40. The lowest BCUT2D eigenvalue weighted by molar-refractivity contribution is -0.144. The van der Waals surface area contributed by atoms with E-state index in [-0.39, 0.29) is 18.2 Å². The zero-order valence-electron chi connectivity index (χ0n) is 19.4. The Morgan fingerprint density at radius 2 is 1.76 bits per heavy atom. The molecule has 2 aromatic rings. The van der Waals surface area contributed by atoms with E-state index in [0.717, 1.165) is 28.8 Å². The van der Waals surface area contributed by atoms with Gasteiger partial charge in [-0.2, -0.15) is 13.2 Å². The molecule has 0 aliphatic rings. The molecule has 0 fully saturated rings. The fraction of sp³-hybridized carbons (Fsp3) is 0.375. The lowest BCUT2D eigenvalue weighted by Gasteiger charge is -2.22. The molecule has 2 amide bonds. The zero-order chi connectivity index (χ0) is 25.5. The largest absolute Gasteiger partial charge is 0.467 e. The number of methoxy groups -OCH3 is 1. The van der Waals surface area contributed by atoms with E-state index in [1.165, 1.54) is 13.2 Å². The molecule has 34 heavy (non-hydrogen) atoms. The minimum atomic E-state index is -4.59. The molecule has 0 bridgehead atoms. The third kappa shape index (κ3) is 7.58. The maximum Gasteiger partial charge on any atom is 0.416 e. The number of esters is 1. The number of carbonyl (C=O) groups is 3. The highest BCUT2D eigenvalue weighted by atomic mass is 19.4. The smallest absolute Gasteiger partial charge is 0.416 e. The molecule has 0 saturated heterocycles. The molecule has 3 N–H and O–H groups in total. The molecule has 1 unspecified atom stereocenters. The van der Waals surface area contributed by atoms with Gasteiger partial charge in [0.05, 0.1) is 19.2 Å². The average Bonchev–Trinajstić information content (AvgIpc) is 2.78. The Balaban J connectivity index is 1.95. The molecule has 0 aromatic heterocycles. The van der Waals surface area contributed by atoms with Gasteiger partial charge in [-0.05, 0) is 50.1 Å². The van der Waals surface area contributed by atoms with Crippen LogP contribution in [0.5, 0.6) is 0 Å². The number of alkyl halides is 3. The summed E-state index contributed by atoms with van der Waals surface area (Å²) < 4.78 is 43.2. The molecule has 0 radical (unpaired) electrons. The van der Waals surface area contributed by atoms with Crippen LogP contribution >= 0.6 is 0 Å². The minimum Gasteiger partial charge on any atom is -0.467 e. The molecule has 2 rings (SSSR count). The van der Waals surface area contributed by atoms with Crippen LogP contribution in [0, 0.1) is 13.8 Å². The van der Waals surface area contributed by atoms with E-state index in [2.05, 4.69) is 16.0 Å². The molecular weight excluding hydrogens is 451 g/mol. The van der Waals surface area contributed by atoms with E-state index >= 15 is 0 Å². The lowest BCUT2D eigenvalue weighted by atomic mass is 10.00. The summed E-state index contributed by atoms with van der Waals surface area (Å²) in [5, 5.41) is 7.90. The maximum atomic E-state index is 12.8. The second-order valence-electron chi connectivity index (χ2n) is 7.89. The van der Waals surface area contributed by atoms with E-state index in [9.17, 15) is 27.6 Å². The van der Waals surface area contributed by atoms with E-state index < -0.39 is 42.1 Å². The number of aryl methyl sites for hydroxylation is 2. The van der Waals surface area contributed by atoms with Gasteiger partial charge in [-0.3, -0.25) is 9.59 Å². The van der Waals surface area contributed by atoms with Gasteiger partial charge >= 0.3 is 12.1 Å². The van der Waals surface area contributed by atoms with Crippen LogP contribution in [0.4, 0.5) is 13.2 Å². The summed E-state index contributed by atoms with van der Waals surface area (Å²) >= 11 is 0.